The molecule has 92 valence electrons. The van der Waals surface area contributed by atoms with Crippen LogP contribution in [0.25, 0.3) is 0 Å². The molecule has 16 heavy (non-hydrogen) atoms. The largest absolute Gasteiger partial charge is 0.447 e. The molecule has 0 radical (unpaired) electrons. The molecule has 0 aromatic rings. The summed E-state index contributed by atoms with van der Waals surface area (Å²) in [6.07, 6.45) is 4.03. The van der Waals surface area contributed by atoms with Gasteiger partial charge in [0.25, 0.3) is 0 Å². The molecule has 2 fully saturated rings. The number of rotatable bonds is 4. The van der Waals surface area contributed by atoms with Crippen molar-refractivity contribution >= 4 is 6.09 Å². The van der Waals surface area contributed by atoms with E-state index >= 15 is 0 Å². The fourth-order valence-corrected chi connectivity index (χ4v) is 2.00. The Bertz CT molecular complexity index is 200. The lowest BCUT2D eigenvalue weighted by Crippen LogP contribution is -2.33. The third kappa shape index (κ3) is 3.64. The van der Waals surface area contributed by atoms with Gasteiger partial charge in [-0.1, -0.05) is 0 Å². The van der Waals surface area contributed by atoms with Gasteiger partial charge in [-0.3, -0.25) is 0 Å². The minimum atomic E-state index is -0.369. The lowest BCUT2D eigenvalue weighted by molar-refractivity contribution is 0.0416. The van der Waals surface area contributed by atoms with Gasteiger partial charge in [-0.15, -0.1) is 0 Å². The first-order valence-electron chi connectivity index (χ1n) is 5.98. The minimum absolute atomic E-state index is 0.0912. The van der Waals surface area contributed by atoms with Gasteiger partial charge in [0.1, 0.15) is 6.61 Å². The summed E-state index contributed by atoms with van der Waals surface area (Å²) >= 11 is 0. The Labute approximate surface area is 95.4 Å². The van der Waals surface area contributed by atoms with E-state index in [2.05, 4.69) is 5.32 Å². The van der Waals surface area contributed by atoms with E-state index in [9.17, 15) is 4.79 Å². The monoisotopic (exact) mass is 229 g/mol. The standard InChI is InChI=1S/C11H19NO4/c13-11(12-7-9-3-1-5-14-9)16-8-10-4-2-6-15-10/h9-10H,1-8H2,(H,12,13)/t9-,10+/m0/s1. The zero-order valence-electron chi connectivity index (χ0n) is 9.44. The minimum Gasteiger partial charge on any atom is -0.447 e. The van der Waals surface area contributed by atoms with Crippen LogP contribution in [0.3, 0.4) is 0 Å². The maximum absolute atomic E-state index is 11.3. The summed E-state index contributed by atoms with van der Waals surface area (Å²) in [5.74, 6) is 0. The Morgan fingerprint density at radius 2 is 1.88 bits per heavy atom. The van der Waals surface area contributed by atoms with Crippen LogP contribution in [0.15, 0.2) is 0 Å². The number of alkyl carbamates (subject to hydrolysis) is 1. The highest BCUT2D eigenvalue weighted by atomic mass is 16.6. The van der Waals surface area contributed by atoms with Crippen molar-refractivity contribution in [1.82, 2.24) is 5.32 Å². The van der Waals surface area contributed by atoms with Gasteiger partial charge < -0.3 is 19.5 Å². The Kier molecular flexibility index (Phi) is 4.42. The van der Waals surface area contributed by atoms with Crippen LogP contribution < -0.4 is 5.32 Å². The van der Waals surface area contributed by atoms with Gasteiger partial charge in [-0.25, -0.2) is 4.79 Å². The third-order valence-electron chi connectivity index (χ3n) is 2.92. The van der Waals surface area contributed by atoms with Gasteiger partial charge in [0, 0.05) is 19.8 Å². The highest BCUT2D eigenvalue weighted by molar-refractivity contribution is 5.67. The third-order valence-corrected chi connectivity index (χ3v) is 2.92. The summed E-state index contributed by atoms with van der Waals surface area (Å²) in [5.41, 5.74) is 0. The van der Waals surface area contributed by atoms with Crippen molar-refractivity contribution in [3.63, 3.8) is 0 Å². The zero-order chi connectivity index (χ0) is 11.2. The molecule has 5 heteroatoms. The van der Waals surface area contributed by atoms with E-state index in [-0.39, 0.29) is 18.3 Å². The fourth-order valence-electron chi connectivity index (χ4n) is 2.00. The second-order valence-corrected chi connectivity index (χ2v) is 4.25. The lowest BCUT2D eigenvalue weighted by atomic mass is 10.2. The van der Waals surface area contributed by atoms with Crippen molar-refractivity contribution in [3.8, 4) is 0 Å². The van der Waals surface area contributed by atoms with Crippen molar-refractivity contribution in [3.05, 3.63) is 0 Å². The smallest absolute Gasteiger partial charge is 0.407 e. The van der Waals surface area contributed by atoms with Crippen molar-refractivity contribution in [2.45, 2.75) is 37.9 Å². The van der Waals surface area contributed by atoms with E-state index in [4.69, 9.17) is 14.2 Å². The van der Waals surface area contributed by atoms with E-state index in [0.29, 0.717) is 13.2 Å². The van der Waals surface area contributed by atoms with Crippen molar-refractivity contribution < 1.29 is 19.0 Å². The molecule has 0 bridgehead atoms. The maximum Gasteiger partial charge on any atom is 0.407 e. The number of hydrogen-bond donors (Lipinski definition) is 1. The Hall–Kier alpha value is -0.810. The molecule has 0 aliphatic carbocycles. The van der Waals surface area contributed by atoms with Gasteiger partial charge >= 0.3 is 6.09 Å². The number of carbonyl (C=O) groups excluding carboxylic acids is 1. The van der Waals surface area contributed by atoms with Crippen LogP contribution in [0.2, 0.25) is 0 Å². The number of amides is 1. The quantitative estimate of drug-likeness (QED) is 0.783. The summed E-state index contributed by atoms with van der Waals surface area (Å²) in [6.45, 7) is 2.49. The topological polar surface area (TPSA) is 56.8 Å². The number of nitrogens with one attached hydrogen (secondary N) is 1. The Balaban J connectivity index is 1.53. The molecular weight excluding hydrogens is 210 g/mol. The molecule has 0 unspecified atom stereocenters. The maximum atomic E-state index is 11.3. The van der Waals surface area contributed by atoms with Gasteiger partial charge in [0.05, 0.1) is 12.2 Å². The number of ether oxygens (including phenoxy) is 3. The second kappa shape index (κ2) is 6.06. The van der Waals surface area contributed by atoms with Crippen LogP contribution in [0, 0.1) is 0 Å². The summed E-state index contributed by atoms with van der Waals surface area (Å²) in [4.78, 5) is 11.3. The average molecular weight is 229 g/mol. The van der Waals surface area contributed by atoms with E-state index < -0.39 is 0 Å². The molecule has 2 rings (SSSR count). The molecular formula is C11H19NO4. The Morgan fingerprint density at radius 3 is 2.50 bits per heavy atom. The van der Waals surface area contributed by atoms with Gasteiger partial charge in [0.2, 0.25) is 0 Å². The van der Waals surface area contributed by atoms with Crippen LogP contribution in [-0.4, -0.2) is 44.7 Å². The SMILES string of the molecule is O=C(NC[C@@H]1CCCO1)OC[C@H]1CCCO1. The highest BCUT2D eigenvalue weighted by Gasteiger charge is 2.19. The average Bonchev–Trinajstić information content (AvgIpc) is 2.96. The molecule has 2 aliphatic heterocycles. The summed E-state index contributed by atoms with van der Waals surface area (Å²) in [5, 5.41) is 2.71. The molecule has 0 spiro atoms. The van der Waals surface area contributed by atoms with E-state index in [1.165, 1.54) is 0 Å². The van der Waals surface area contributed by atoms with E-state index in [0.717, 1.165) is 38.9 Å². The van der Waals surface area contributed by atoms with Gasteiger partial charge in [-0.05, 0) is 25.7 Å². The summed E-state index contributed by atoms with van der Waals surface area (Å²) in [6, 6.07) is 0. The van der Waals surface area contributed by atoms with Crippen LogP contribution >= 0.6 is 0 Å². The lowest BCUT2D eigenvalue weighted by Gasteiger charge is -2.13. The van der Waals surface area contributed by atoms with Crippen molar-refractivity contribution in [1.29, 1.82) is 0 Å². The molecule has 2 aliphatic rings. The number of carbonyl (C=O) groups is 1. The van der Waals surface area contributed by atoms with E-state index in [1.807, 2.05) is 0 Å². The number of hydrogen-bond acceptors (Lipinski definition) is 4. The van der Waals surface area contributed by atoms with Crippen molar-refractivity contribution in [2.75, 3.05) is 26.4 Å². The summed E-state index contributed by atoms with van der Waals surface area (Å²) in [7, 11) is 0. The second-order valence-electron chi connectivity index (χ2n) is 4.25. The zero-order valence-corrected chi connectivity index (χ0v) is 9.44. The van der Waals surface area contributed by atoms with Gasteiger partial charge in [-0.2, -0.15) is 0 Å². The normalized spacial score (nSPS) is 29.2. The molecule has 1 N–H and O–H groups in total. The molecule has 0 saturated carbocycles. The van der Waals surface area contributed by atoms with Crippen LogP contribution in [0.5, 0.6) is 0 Å². The first kappa shape index (κ1) is 11.7. The highest BCUT2D eigenvalue weighted by Crippen LogP contribution is 2.12. The molecule has 0 aromatic heterocycles. The molecule has 2 heterocycles. The van der Waals surface area contributed by atoms with Crippen LogP contribution in [0.4, 0.5) is 4.79 Å². The molecule has 1 amide bonds. The molecule has 0 aromatic carbocycles. The van der Waals surface area contributed by atoms with Crippen LogP contribution in [0.1, 0.15) is 25.7 Å². The van der Waals surface area contributed by atoms with Crippen LogP contribution in [-0.2, 0) is 14.2 Å². The molecule has 5 nitrogen and oxygen atoms in total. The molecule has 2 atom stereocenters. The summed E-state index contributed by atoms with van der Waals surface area (Å²) < 4.78 is 15.8. The molecule has 2 saturated heterocycles. The van der Waals surface area contributed by atoms with Gasteiger partial charge in [0.15, 0.2) is 0 Å². The Morgan fingerprint density at radius 1 is 1.19 bits per heavy atom. The predicted octanol–water partition coefficient (Wildman–Crippen LogP) is 1.07. The first-order valence-corrected chi connectivity index (χ1v) is 5.98. The van der Waals surface area contributed by atoms with Crippen molar-refractivity contribution in [2.24, 2.45) is 0 Å². The predicted molar refractivity (Wildman–Crippen MR) is 57.3 cm³/mol. The first-order chi connectivity index (χ1) is 7.84. The van der Waals surface area contributed by atoms with E-state index in [1.54, 1.807) is 0 Å². The fraction of sp³-hybridized carbons (Fsp3) is 0.909.